The molecule has 0 radical (unpaired) electrons. The average Bonchev–Trinajstić information content (AvgIpc) is 2.86. The van der Waals surface area contributed by atoms with Gasteiger partial charge in [-0.2, -0.15) is 0 Å². The summed E-state index contributed by atoms with van der Waals surface area (Å²) in [5.41, 5.74) is 3.98. The number of aryl methyl sites for hydroxylation is 2. The van der Waals surface area contributed by atoms with Gasteiger partial charge >= 0.3 is 0 Å². The number of amides is 1. The van der Waals surface area contributed by atoms with Gasteiger partial charge in [0.05, 0.1) is 17.6 Å². The number of methoxy groups -OCH3 is 1. The number of nitrogens with zero attached hydrogens (tertiary/aromatic N) is 1. The highest BCUT2D eigenvalue weighted by Crippen LogP contribution is 2.29. The molecule has 0 aromatic heterocycles. The SMILES string of the molecule is CCC(NS(=O)(=O)c1ccc(OC)c(C(=O)N2CCC(C)CC2)c1)c1ccc2c(c1)CCCC2. The highest BCUT2D eigenvalue weighted by atomic mass is 32.2. The third-order valence-electron chi connectivity index (χ3n) is 7.26. The Labute approximate surface area is 203 Å². The van der Waals surface area contributed by atoms with Crippen molar-refractivity contribution >= 4 is 15.9 Å². The molecule has 1 N–H and O–H groups in total. The molecule has 1 atom stereocenters. The second-order valence-electron chi connectivity index (χ2n) is 9.65. The molecule has 184 valence electrons. The molecule has 1 unspecified atom stereocenters. The van der Waals surface area contributed by atoms with Gasteiger partial charge in [0.25, 0.3) is 5.91 Å². The van der Waals surface area contributed by atoms with E-state index < -0.39 is 10.0 Å². The van der Waals surface area contributed by atoms with Gasteiger partial charge in [0.1, 0.15) is 5.75 Å². The van der Waals surface area contributed by atoms with E-state index in [0.717, 1.165) is 31.2 Å². The number of benzene rings is 2. The van der Waals surface area contributed by atoms with E-state index >= 15 is 0 Å². The fourth-order valence-corrected chi connectivity index (χ4v) is 6.35. The summed E-state index contributed by atoms with van der Waals surface area (Å²) in [6, 6.07) is 10.6. The van der Waals surface area contributed by atoms with Gasteiger partial charge in [-0.15, -0.1) is 0 Å². The Morgan fingerprint density at radius 2 is 1.79 bits per heavy atom. The number of fused-ring (bicyclic) bond motifs is 1. The molecule has 0 spiro atoms. The fourth-order valence-electron chi connectivity index (χ4n) is 5.02. The van der Waals surface area contributed by atoms with Gasteiger partial charge in [-0.25, -0.2) is 13.1 Å². The lowest BCUT2D eigenvalue weighted by Gasteiger charge is -2.30. The standard InChI is InChI=1S/C27H36N2O4S/c1-4-25(22-10-9-20-7-5-6-8-21(20)17-22)28-34(31,32)23-11-12-26(33-3)24(18-23)27(30)29-15-13-19(2)14-16-29/h9-12,17-19,25,28H,4-8,13-16H2,1-3H3. The summed E-state index contributed by atoms with van der Waals surface area (Å²) >= 11 is 0. The number of hydrogen-bond acceptors (Lipinski definition) is 4. The van der Waals surface area contributed by atoms with Crippen molar-refractivity contribution in [3.05, 3.63) is 58.7 Å². The van der Waals surface area contributed by atoms with Crippen LogP contribution in [0.5, 0.6) is 5.75 Å². The summed E-state index contributed by atoms with van der Waals surface area (Å²) in [5, 5.41) is 0. The molecule has 1 amide bonds. The van der Waals surface area contributed by atoms with Crippen LogP contribution in [0, 0.1) is 5.92 Å². The van der Waals surface area contributed by atoms with E-state index in [0.29, 0.717) is 36.7 Å². The first-order valence-electron chi connectivity index (χ1n) is 12.4. The van der Waals surface area contributed by atoms with Crippen LogP contribution >= 0.6 is 0 Å². The van der Waals surface area contributed by atoms with Crippen LogP contribution in [0.4, 0.5) is 0 Å². The molecular weight excluding hydrogens is 448 g/mol. The van der Waals surface area contributed by atoms with E-state index in [1.165, 1.54) is 43.2 Å². The van der Waals surface area contributed by atoms with Crippen LogP contribution in [0.15, 0.2) is 41.3 Å². The number of rotatable bonds is 7. The monoisotopic (exact) mass is 484 g/mol. The topological polar surface area (TPSA) is 75.7 Å². The Balaban J connectivity index is 1.59. The smallest absolute Gasteiger partial charge is 0.257 e. The third kappa shape index (κ3) is 5.31. The number of hydrogen-bond donors (Lipinski definition) is 1. The molecule has 1 aliphatic carbocycles. The normalized spacial score (nSPS) is 17.8. The molecule has 7 heteroatoms. The van der Waals surface area contributed by atoms with Gasteiger partial charge in [-0.3, -0.25) is 4.79 Å². The second-order valence-corrected chi connectivity index (χ2v) is 11.4. The predicted octanol–water partition coefficient (Wildman–Crippen LogP) is 4.88. The van der Waals surface area contributed by atoms with Crippen molar-refractivity contribution in [2.45, 2.75) is 69.7 Å². The van der Waals surface area contributed by atoms with Crippen LogP contribution in [0.3, 0.4) is 0 Å². The summed E-state index contributed by atoms with van der Waals surface area (Å²) in [6.45, 7) is 5.52. The number of piperidine rings is 1. The Kier molecular flexibility index (Phi) is 7.63. The highest BCUT2D eigenvalue weighted by Gasteiger charge is 2.27. The van der Waals surface area contributed by atoms with Gasteiger partial charge in [0, 0.05) is 19.1 Å². The van der Waals surface area contributed by atoms with E-state index in [4.69, 9.17) is 4.74 Å². The highest BCUT2D eigenvalue weighted by molar-refractivity contribution is 7.89. The van der Waals surface area contributed by atoms with Crippen molar-refractivity contribution in [1.29, 1.82) is 0 Å². The van der Waals surface area contributed by atoms with E-state index in [1.54, 1.807) is 11.0 Å². The van der Waals surface area contributed by atoms with Gasteiger partial charge in [0.2, 0.25) is 10.0 Å². The minimum Gasteiger partial charge on any atom is -0.496 e. The number of likely N-dealkylation sites (tertiary alicyclic amines) is 1. The first kappa shape index (κ1) is 24.7. The van der Waals surface area contributed by atoms with Crippen molar-refractivity contribution in [1.82, 2.24) is 9.62 Å². The van der Waals surface area contributed by atoms with Crippen LogP contribution in [-0.2, 0) is 22.9 Å². The molecule has 1 heterocycles. The molecule has 0 bridgehead atoms. The first-order valence-corrected chi connectivity index (χ1v) is 13.9. The molecule has 1 saturated heterocycles. The lowest BCUT2D eigenvalue weighted by Crippen LogP contribution is -2.38. The zero-order chi connectivity index (χ0) is 24.3. The van der Waals surface area contributed by atoms with Crippen LogP contribution in [0.2, 0.25) is 0 Å². The van der Waals surface area contributed by atoms with Crippen molar-refractivity contribution < 1.29 is 17.9 Å². The van der Waals surface area contributed by atoms with Crippen LogP contribution in [-0.4, -0.2) is 39.4 Å². The minimum atomic E-state index is -3.84. The van der Waals surface area contributed by atoms with Crippen LogP contribution in [0.25, 0.3) is 0 Å². The maximum atomic E-state index is 13.4. The maximum absolute atomic E-state index is 13.4. The van der Waals surface area contributed by atoms with E-state index in [2.05, 4.69) is 23.8 Å². The quantitative estimate of drug-likeness (QED) is 0.608. The average molecular weight is 485 g/mol. The Morgan fingerprint density at radius 1 is 1.09 bits per heavy atom. The number of carbonyl (C=O) groups excluding carboxylic acids is 1. The molecule has 2 aromatic carbocycles. The molecule has 4 rings (SSSR count). The molecule has 1 fully saturated rings. The summed E-state index contributed by atoms with van der Waals surface area (Å²) in [7, 11) is -2.34. The van der Waals surface area contributed by atoms with Gasteiger partial charge < -0.3 is 9.64 Å². The summed E-state index contributed by atoms with van der Waals surface area (Å²) in [4.78, 5) is 15.1. The Morgan fingerprint density at radius 3 is 2.47 bits per heavy atom. The number of ether oxygens (including phenoxy) is 1. The summed E-state index contributed by atoms with van der Waals surface area (Å²) in [6.07, 6.45) is 7.07. The van der Waals surface area contributed by atoms with Crippen LogP contribution in [0.1, 0.15) is 79.0 Å². The second kappa shape index (κ2) is 10.5. The predicted molar refractivity (Wildman–Crippen MR) is 134 cm³/mol. The van der Waals surface area contributed by atoms with Crippen molar-refractivity contribution in [2.75, 3.05) is 20.2 Å². The minimum absolute atomic E-state index is 0.0819. The first-order chi connectivity index (χ1) is 16.3. The largest absolute Gasteiger partial charge is 0.496 e. The summed E-state index contributed by atoms with van der Waals surface area (Å²) < 4.78 is 35.0. The number of nitrogens with one attached hydrogen (secondary N) is 1. The maximum Gasteiger partial charge on any atom is 0.257 e. The molecule has 2 aliphatic rings. The third-order valence-corrected chi connectivity index (χ3v) is 8.73. The Bertz CT molecular complexity index is 1140. The molecule has 2 aromatic rings. The molecule has 1 aliphatic heterocycles. The van der Waals surface area contributed by atoms with E-state index in [-0.39, 0.29) is 16.8 Å². The van der Waals surface area contributed by atoms with Crippen molar-refractivity contribution in [3.63, 3.8) is 0 Å². The van der Waals surface area contributed by atoms with E-state index in [1.807, 2.05) is 13.0 Å². The lowest BCUT2D eigenvalue weighted by atomic mass is 9.89. The zero-order valence-electron chi connectivity index (χ0n) is 20.5. The lowest BCUT2D eigenvalue weighted by molar-refractivity contribution is 0.0693. The van der Waals surface area contributed by atoms with E-state index in [9.17, 15) is 13.2 Å². The number of carbonyl (C=O) groups is 1. The summed E-state index contributed by atoms with van der Waals surface area (Å²) in [5.74, 6) is 0.809. The molecule has 34 heavy (non-hydrogen) atoms. The Hall–Kier alpha value is -2.38. The zero-order valence-corrected chi connectivity index (χ0v) is 21.3. The van der Waals surface area contributed by atoms with Gasteiger partial charge in [-0.1, -0.05) is 32.0 Å². The molecule has 6 nitrogen and oxygen atoms in total. The fraction of sp³-hybridized carbons (Fsp3) is 0.519. The van der Waals surface area contributed by atoms with Crippen molar-refractivity contribution in [2.24, 2.45) is 5.92 Å². The van der Waals surface area contributed by atoms with Crippen LogP contribution < -0.4 is 9.46 Å². The van der Waals surface area contributed by atoms with Gasteiger partial charge in [-0.05, 0) is 85.8 Å². The van der Waals surface area contributed by atoms with Gasteiger partial charge in [0.15, 0.2) is 0 Å². The molecular formula is C27H36N2O4S. The van der Waals surface area contributed by atoms with Crippen molar-refractivity contribution in [3.8, 4) is 5.75 Å². The molecule has 0 saturated carbocycles. The number of sulfonamides is 1.